The van der Waals surface area contributed by atoms with Crippen LogP contribution in [0.15, 0.2) is 48.5 Å². The lowest BCUT2D eigenvalue weighted by molar-refractivity contribution is 0.140. The molecule has 4 nitrogen and oxygen atoms in total. The van der Waals surface area contributed by atoms with Crippen LogP contribution in [0.5, 0.6) is 0 Å². The Balaban J connectivity index is 0.00000196. The molecular weight excluding hydrogens is 348 g/mol. The van der Waals surface area contributed by atoms with Crippen molar-refractivity contribution in [2.75, 3.05) is 26.2 Å². The average Bonchev–Trinajstić information content (AvgIpc) is 2.99. The van der Waals surface area contributed by atoms with Crippen LogP contribution in [0, 0.1) is 5.92 Å². The molecule has 5 heteroatoms. The van der Waals surface area contributed by atoms with E-state index in [4.69, 9.17) is 4.74 Å². The molecule has 1 heterocycles. The van der Waals surface area contributed by atoms with Gasteiger partial charge in [-0.3, -0.25) is 0 Å². The summed E-state index contributed by atoms with van der Waals surface area (Å²) in [5.74, 6) is 0.628. The molecular formula is C21H25ClN2O2. The number of hydrogen-bond donors (Lipinski definition) is 2. The Hall–Kier alpha value is -2.04. The first-order chi connectivity index (χ1) is 12.3. The Morgan fingerprint density at radius 3 is 2.35 bits per heavy atom. The van der Waals surface area contributed by atoms with Crippen LogP contribution in [0.3, 0.4) is 0 Å². The van der Waals surface area contributed by atoms with Crippen LogP contribution >= 0.6 is 12.4 Å². The highest BCUT2D eigenvalue weighted by Gasteiger charge is 2.29. The minimum absolute atomic E-state index is 0. The Morgan fingerprint density at radius 1 is 1.08 bits per heavy atom. The van der Waals surface area contributed by atoms with Crippen molar-refractivity contribution in [3.8, 4) is 11.1 Å². The average molecular weight is 373 g/mol. The molecule has 1 saturated heterocycles. The van der Waals surface area contributed by atoms with Crippen molar-refractivity contribution in [3.05, 3.63) is 59.7 Å². The first-order valence-electron chi connectivity index (χ1n) is 9.12. The molecule has 2 aromatic rings. The summed E-state index contributed by atoms with van der Waals surface area (Å²) >= 11 is 0. The van der Waals surface area contributed by atoms with Gasteiger partial charge in [0.05, 0.1) is 0 Å². The molecule has 138 valence electrons. The molecule has 1 amide bonds. The van der Waals surface area contributed by atoms with Crippen LogP contribution in [-0.4, -0.2) is 32.3 Å². The van der Waals surface area contributed by atoms with Crippen molar-refractivity contribution in [1.82, 2.24) is 10.6 Å². The SMILES string of the molecule is Cl.O=C(NCC1CCCNC1)OCC1c2ccccc2-c2ccccc21. The minimum atomic E-state index is -0.313. The Labute approximate surface area is 160 Å². The van der Waals surface area contributed by atoms with Crippen molar-refractivity contribution in [2.24, 2.45) is 5.92 Å². The number of rotatable bonds is 4. The Morgan fingerprint density at radius 2 is 1.73 bits per heavy atom. The third kappa shape index (κ3) is 3.87. The molecule has 0 saturated carbocycles. The number of nitrogens with one attached hydrogen (secondary N) is 2. The number of amides is 1. The van der Waals surface area contributed by atoms with Gasteiger partial charge in [-0.25, -0.2) is 4.79 Å². The van der Waals surface area contributed by atoms with E-state index < -0.39 is 0 Å². The second-order valence-electron chi connectivity index (χ2n) is 6.92. The van der Waals surface area contributed by atoms with Gasteiger partial charge in [-0.2, -0.15) is 0 Å². The number of ether oxygens (including phenoxy) is 1. The largest absolute Gasteiger partial charge is 0.449 e. The van der Waals surface area contributed by atoms with E-state index in [0.717, 1.165) is 19.5 Å². The summed E-state index contributed by atoms with van der Waals surface area (Å²) in [5, 5.41) is 6.29. The summed E-state index contributed by atoms with van der Waals surface area (Å²) in [6, 6.07) is 16.8. The fraction of sp³-hybridized carbons (Fsp3) is 0.381. The standard InChI is InChI=1S/C21H24N2O2.ClH/c24-21(23-13-15-6-5-11-22-12-15)25-14-20-18-9-3-1-7-16(18)17-8-2-4-10-19(17)20;/h1-4,7-10,15,20,22H,5-6,11-14H2,(H,23,24);1H. The maximum Gasteiger partial charge on any atom is 0.407 e. The minimum Gasteiger partial charge on any atom is -0.449 e. The van der Waals surface area contributed by atoms with Crippen molar-refractivity contribution in [1.29, 1.82) is 0 Å². The van der Waals surface area contributed by atoms with Gasteiger partial charge in [0.25, 0.3) is 0 Å². The van der Waals surface area contributed by atoms with Crippen molar-refractivity contribution >= 4 is 18.5 Å². The van der Waals surface area contributed by atoms with Gasteiger partial charge in [0, 0.05) is 12.5 Å². The summed E-state index contributed by atoms with van der Waals surface area (Å²) in [7, 11) is 0. The van der Waals surface area contributed by atoms with Crippen LogP contribution < -0.4 is 10.6 Å². The lowest BCUT2D eigenvalue weighted by atomic mass is 9.98. The van der Waals surface area contributed by atoms with Crippen LogP contribution in [0.2, 0.25) is 0 Å². The molecule has 0 spiro atoms. The van der Waals surface area contributed by atoms with E-state index in [1.807, 2.05) is 12.1 Å². The van der Waals surface area contributed by atoms with Crippen LogP contribution in [0.4, 0.5) is 4.79 Å². The van der Waals surface area contributed by atoms with E-state index in [1.165, 1.54) is 28.7 Å². The fourth-order valence-corrected chi connectivity index (χ4v) is 3.98. The number of benzene rings is 2. The van der Waals surface area contributed by atoms with Gasteiger partial charge in [0.1, 0.15) is 6.61 Å². The van der Waals surface area contributed by atoms with Gasteiger partial charge in [-0.1, -0.05) is 48.5 Å². The first-order valence-corrected chi connectivity index (χ1v) is 9.12. The van der Waals surface area contributed by atoms with Crippen LogP contribution in [0.1, 0.15) is 29.9 Å². The van der Waals surface area contributed by atoms with Gasteiger partial charge >= 0.3 is 6.09 Å². The molecule has 0 radical (unpaired) electrons. The zero-order valence-corrected chi connectivity index (χ0v) is 15.6. The zero-order valence-electron chi connectivity index (χ0n) is 14.7. The lowest BCUT2D eigenvalue weighted by Gasteiger charge is -2.23. The predicted octanol–water partition coefficient (Wildman–Crippen LogP) is 3.95. The lowest BCUT2D eigenvalue weighted by Crippen LogP contribution is -2.38. The summed E-state index contributed by atoms with van der Waals surface area (Å²) in [5.41, 5.74) is 4.99. The molecule has 4 rings (SSSR count). The highest BCUT2D eigenvalue weighted by molar-refractivity contribution is 5.85. The number of fused-ring (bicyclic) bond motifs is 3. The third-order valence-electron chi connectivity index (χ3n) is 5.28. The van der Waals surface area contributed by atoms with E-state index in [9.17, 15) is 4.79 Å². The number of halogens is 1. The second kappa shape index (κ2) is 8.56. The van der Waals surface area contributed by atoms with Gasteiger partial charge in [0.2, 0.25) is 0 Å². The number of carbonyl (C=O) groups excluding carboxylic acids is 1. The number of carbonyl (C=O) groups is 1. The summed E-state index contributed by atoms with van der Waals surface area (Å²) in [6.07, 6.45) is 2.03. The maximum atomic E-state index is 12.1. The van der Waals surface area contributed by atoms with Gasteiger partial charge in [-0.15, -0.1) is 12.4 Å². The van der Waals surface area contributed by atoms with Crippen molar-refractivity contribution < 1.29 is 9.53 Å². The van der Waals surface area contributed by atoms with Gasteiger partial charge in [0.15, 0.2) is 0 Å². The molecule has 26 heavy (non-hydrogen) atoms. The molecule has 1 aliphatic carbocycles. The molecule has 2 N–H and O–H groups in total. The highest BCUT2D eigenvalue weighted by Crippen LogP contribution is 2.44. The smallest absolute Gasteiger partial charge is 0.407 e. The van der Waals surface area contributed by atoms with Gasteiger partial charge < -0.3 is 15.4 Å². The molecule has 1 fully saturated rings. The molecule has 1 atom stereocenters. The van der Waals surface area contributed by atoms with E-state index in [-0.39, 0.29) is 24.4 Å². The molecule has 1 aliphatic heterocycles. The van der Waals surface area contributed by atoms with E-state index in [2.05, 4.69) is 47.0 Å². The first kappa shape index (κ1) is 18.7. The van der Waals surface area contributed by atoms with Gasteiger partial charge in [-0.05, 0) is 54.1 Å². The van der Waals surface area contributed by atoms with E-state index in [1.54, 1.807) is 0 Å². The Kier molecular flexibility index (Phi) is 6.17. The second-order valence-corrected chi connectivity index (χ2v) is 6.92. The highest BCUT2D eigenvalue weighted by atomic mass is 35.5. The monoisotopic (exact) mass is 372 g/mol. The van der Waals surface area contributed by atoms with E-state index >= 15 is 0 Å². The third-order valence-corrected chi connectivity index (χ3v) is 5.28. The van der Waals surface area contributed by atoms with Crippen molar-refractivity contribution in [2.45, 2.75) is 18.8 Å². The molecule has 0 bridgehead atoms. The Bertz CT molecular complexity index is 714. The number of alkyl carbamates (subject to hydrolysis) is 1. The van der Waals surface area contributed by atoms with Crippen LogP contribution in [0.25, 0.3) is 11.1 Å². The molecule has 2 aliphatic rings. The quantitative estimate of drug-likeness (QED) is 0.854. The van der Waals surface area contributed by atoms with E-state index in [0.29, 0.717) is 19.1 Å². The summed E-state index contributed by atoms with van der Waals surface area (Å²) in [4.78, 5) is 12.1. The maximum absolute atomic E-state index is 12.1. The number of piperidine rings is 1. The fourth-order valence-electron chi connectivity index (χ4n) is 3.98. The topological polar surface area (TPSA) is 50.4 Å². The predicted molar refractivity (Wildman–Crippen MR) is 106 cm³/mol. The number of hydrogen-bond acceptors (Lipinski definition) is 3. The molecule has 1 unspecified atom stereocenters. The van der Waals surface area contributed by atoms with Crippen molar-refractivity contribution in [3.63, 3.8) is 0 Å². The molecule has 2 aromatic carbocycles. The normalized spacial score (nSPS) is 18.4. The summed E-state index contributed by atoms with van der Waals surface area (Å²) in [6.45, 7) is 3.12. The summed E-state index contributed by atoms with van der Waals surface area (Å²) < 4.78 is 5.56. The van der Waals surface area contributed by atoms with Crippen LogP contribution in [-0.2, 0) is 4.74 Å². The molecule has 0 aromatic heterocycles. The zero-order chi connectivity index (χ0) is 17.1.